The zero-order valence-corrected chi connectivity index (χ0v) is 18.7. The monoisotopic (exact) mass is 434 g/mol. The number of nitrogens with zero attached hydrogens (tertiary/aromatic N) is 2. The minimum absolute atomic E-state index is 0.358. The molecule has 1 heterocycles. The van der Waals surface area contributed by atoms with Gasteiger partial charge in [-0.3, -0.25) is 14.7 Å². The fraction of sp³-hybridized carbons (Fsp3) is 0.292. The maximum atomic E-state index is 12.4. The van der Waals surface area contributed by atoms with Gasteiger partial charge in [0.1, 0.15) is 6.04 Å². The van der Waals surface area contributed by atoms with E-state index in [1.54, 1.807) is 25.1 Å². The summed E-state index contributed by atoms with van der Waals surface area (Å²) in [6.07, 6.45) is 0. The summed E-state index contributed by atoms with van der Waals surface area (Å²) in [6, 6.07) is 16.7. The van der Waals surface area contributed by atoms with E-state index in [1.807, 2.05) is 19.2 Å². The summed E-state index contributed by atoms with van der Waals surface area (Å²) in [7, 11) is 1.95. The van der Waals surface area contributed by atoms with E-state index in [4.69, 9.17) is 5.73 Å². The highest BCUT2D eigenvalue weighted by molar-refractivity contribution is 5.98. The number of hydrogen-bond donors (Lipinski definition) is 4. The molecule has 168 valence electrons. The first kappa shape index (κ1) is 23.0. The van der Waals surface area contributed by atoms with Gasteiger partial charge in [-0.05, 0) is 56.8 Å². The fourth-order valence-corrected chi connectivity index (χ4v) is 3.36. The number of anilines is 1. The van der Waals surface area contributed by atoms with Gasteiger partial charge >= 0.3 is 0 Å². The van der Waals surface area contributed by atoms with E-state index in [9.17, 15) is 9.59 Å². The quantitative estimate of drug-likeness (QED) is 0.391. The van der Waals surface area contributed by atoms with Crippen molar-refractivity contribution in [2.24, 2.45) is 5.73 Å². The van der Waals surface area contributed by atoms with Crippen molar-refractivity contribution < 1.29 is 9.59 Å². The lowest BCUT2D eigenvalue weighted by Crippen LogP contribution is -2.42. The molecule has 2 amide bonds. The highest BCUT2D eigenvalue weighted by atomic mass is 16.2. The Morgan fingerprint density at radius 1 is 1.12 bits per heavy atom. The molecule has 0 aliphatic heterocycles. The standard InChI is InChI=1S/C24H30N6O2/c1-4-30(13-12-26-3)20-10-8-17(9-11-20)21-15-22(29-28-21)18-6-5-7-19(14-18)24(32)27-16(2)23(25)31/h5-11,14-16,26H,4,12-13H2,1-3H3,(H2,25,31)(H,27,32)(H,28,29)/t16-/m0/s1. The average molecular weight is 435 g/mol. The summed E-state index contributed by atoms with van der Waals surface area (Å²) in [6.45, 7) is 6.52. The number of nitrogens with one attached hydrogen (secondary N) is 3. The molecule has 3 rings (SSSR count). The molecule has 0 saturated carbocycles. The third kappa shape index (κ3) is 5.53. The topological polar surface area (TPSA) is 116 Å². The number of primary amides is 1. The van der Waals surface area contributed by atoms with Gasteiger partial charge in [-0.2, -0.15) is 5.10 Å². The first-order valence-corrected chi connectivity index (χ1v) is 10.7. The second-order valence-corrected chi connectivity index (χ2v) is 7.58. The molecule has 5 N–H and O–H groups in total. The first-order chi connectivity index (χ1) is 15.4. The molecule has 1 aromatic heterocycles. The number of aromatic amines is 1. The Kier molecular flexibility index (Phi) is 7.62. The Hall–Kier alpha value is -3.65. The van der Waals surface area contributed by atoms with Gasteiger partial charge in [-0.15, -0.1) is 0 Å². The zero-order valence-electron chi connectivity index (χ0n) is 18.7. The van der Waals surface area contributed by atoms with Crippen LogP contribution in [0, 0.1) is 0 Å². The number of amides is 2. The Labute approximate surface area is 188 Å². The Bertz CT molecular complexity index is 1060. The summed E-state index contributed by atoms with van der Waals surface area (Å²) >= 11 is 0. The third-order valence-electron chi connectivity index (χ3n) is 5.33. The van der Waals surface area contributed by atoms with Gasteiger partial charge in [0.25, 0.3) is 5.91 Å². The molecule has 32 heavy (non-hydrogen) atoms. The molecule has 0 aliphatic rings. The number of H-pyrrole nitrogens is 1. The van der Waals surface area contributed by atoms with Gasteiger partial charge in [0, 0.05) is 36.4 Å². The van der Waals surface area contributed by atoms with E-state index in [1.165, 1.54) is 5.69 Å². The molecule has 1 atom stereocenters. The molecule has 0 bridgehead atoms. The Morgan fingerprint density at radius 2 is 1.88 bits per heavy atom. The lowest BCUT2D eigenvalue weighted by Gasteiger charge is -2.23. The van der Waals surface area contributed by atoms with Gasteiger partial charge in [0.2, 0.25) is 5.91 Å². The first-order valence-electron chi connectivity index (χ1n) is 10.7. The molecule has 8 heteroatoms. The number of rotatable bonds is 10. The van der Waals surface area contributed by atoms with Gasteiger partial charge in [0.15, 0.2) is 0 Å². The van der Waals surface area contributed by atoms with Gasteiger partial charge in [-0.25, -0.2) is 0 Å². The summed E-state index contributed by atoms with van der Waals surface area (Å²) in [5.41, 5.74) is 10.3. The molecule has 3 aromatic rings. The van der Waals surface area contributed by atoms with Gasteiger partial charge in [0.05, 0.1) is 11.4 Å². The maximum Gasteiger partial charge on any atom is 0.251 e. The predicted octanol–water partition coefficient (Wildman–Crippen LogP) is 2.39. The van der Waals surface area contributed by atoms with Crippen LogP contribution in [0.2, 0.25) is 0 Å². The molecule has 0 radical (unpaired) electrons. The normalized spacial score (nSPS) is 11.7. The maximum absolute atomic E-state index is 12.4. The summed E-state index contributed by atoms with van der Waals surface area (Å²) in [4.78, 5) is 25.9. The molecule has 0 aliphatic carbocycles. The van der Waals surface area contributed by atoms with Gasteiger partial charge in [-0.1, -0.05) is 24.3 Å². The summed E-state index contributed by atoms with van der Waals surface area (Å²) < 4.78 is 0. The van der Waals surface area contributed by atoms with Crippen LogP contribution in [0.25, 0.3) is 22.5 Å². The number of likely N-dealkylation sites (N-methyl/N-ethyl adjacent to an activating group) is 2. The predicted molar refractivity (Wildman–Crippen MR) is 127 cm³/mol. The van der Waals surface area contributed by atoms with Crippen molar-refractivity contribution in [2.75, 3.05) is 31.6 Å². The molecule has 2 aromatic carbocycles. The number of aromatic nitrogens is 2. The number of carbonyl (C=O) groups excluding carboxylic acids is 2. The number of nitrogens with two attached hydrogens (primary N) is 1. The number of benzene rings is 2. The van der Waals surface area contributed by atoms with E-state index in [2.05, 4.69) is 56.9 Å². The van der Waals surface area contributed by atoms with Crippen molar-refractivity contribution in [1.82, 2.24) is 20.8 Å². The van der Waals surface area contributed by atoms with Crippen molar-refractivity contribution in [2.45, 2.75) is 19.9 Å². The van der Waals surface area contributed by atoms with Crippen LogP contribution in [0.4, 0.5) is 5.69 Å². The van der Waals surface area contributed by atoms with Gasteiger partial charge < -0.3 is 21.3 Å². The van der Waals surface area contributed by atoms with E-state index in [0.717, 1.165) is 42.1 Å². The van der Waals surface area contributed by atoms with Crippen molar-refractivity contribution in [3.05, 3.63) is 60.2 Å². The van der Waals surface area contributed by atoms with Crippen LogP contribution in [0.1, 0.15) is 24.2 Å². The fourth-order valence-electron chi connectivity index (χ4n) is 3.36. The molecular weight excluding hydrogens is 404 g/mol. The highest BCUT2D eigenvalue weighted by Crippen LogP contribution is 2.26. The number of hydrogen-bond acceptors (Lipinski definition) is 5. The van der Waals surface area contributed by atoms with Crippen LogP contribution in [0.15, 0.2) is 54.6 Å². The van der Waals surface area contributed by atoms with Crippen LogP contribution in [-0.2, 0) is 4.79 Å². The third-order valence-corrected chi connectivity index (χ3v) is 5.33. The van der Waals surface area contributed by atoms with Crippen molar-refractivity contribution >= 4 is 17.5 Å². The van der Waals surface area contributed by atoms with Crippen LogP contribution < -0.4 is 21.3 Å². The van der Waals surface area contributed by atoms with Crippen LogP contribution >= 0.6 is 0 Å². The smallest absolute Gasteiger partial charge is 0.251 e. The van der Waals surface area contributed by atoms with E-state index < -0.39 is 11.9 Å². The second-order valence-electron chi connectivity index (χ2n) is 7.58. The molecule has 8 nitrogen and oxygen atoms in total. The molecule has 0 unspecified atom stereocenters. The molecule has 0 fully saturated rings. The van der Waals surface area contributed by atoms with Crippen LogP contribution in [0.5, 0.6) is 0 Å². The van der Waals surface area contributed by atoms with Crippen molar-refractivity contribution in [3.8, 4) is 22.5 Å². The lowest BCUT2D eigenvalue weighted by molar-refractivity contribution is -0.119. The zero-order chi connectivity index (χ0) is 23.1. The largest absolute Gasteiger partial charge is 0.371 e. The summed E-state index contributed by atoms with van der Waals surface area (Å²) in [5.74, 6) is -0.940. The Morgan fingerprint density at radius 3 is 2.53 bits per heavy atom. The van der Waals surface area contributed by atoms with Crippen LogP contribution in [-0.4, -0.2) is 54.7 Å². The van der Waals surface area contributed by atoms with E-state index in [0.29, 0.717) is 5.56 Å². The summed E-state index contributed by atoms with van der Waals surface area (Å²) in [5, 5.41) is 13.3. The van der Waals surface area contributed by atoms with E-state index in [-0.39, 0.29) is 5.91 Å². The second kappa shape index (κ2) is 10.6. The van der Waals surface area contributed by atoms with Crippen LogP contribution in [0.3, 0.4) is 0 Å². The van der Waals surface area contributed by atoms with Crippen molar-refractivity contribution in [3.63, 3.8) is 0 Å². The Balaban J connectivity index is 1.76. The highest BCUT2D eigenvalue weighted by Gasteiger charge is 2.15. The lowest BCUT2D eigenvalue weighted by atomic mass is 10.1. The number of carbonyl (C=O) groups is 2. The van der Waals surface area contributed by atoms with E-state index >= 15 is 0 Å². The van der Waals surface area contributed by atoms with Crippen molar-refractivity contribution in [1.29, 1.82) is 0 Å². The minimum atomic E-state index is -0.743. The molecular formula is C24H30N6O2. The minimum Gasteiger partial charge on any atom is -0.371 e. The average Bonchev–Trinajstić information content (AvgIpc) is 3.30. The molecule has 0 spiro atoms. The molecule has 0 saturated heterocycles. The SMILES string of the molecule is CCN(CCNC)c1ccc(-c2cc(-c3cccc(C(=O)N[C@@H](C)C(N)=O)c3)n[nH]2)cc1.